The largest absolute Gasteiger partial charge is 0.499 e. The third-order valence-corrected chi connectivity index (χ3v) is 9.95. The average molecular weight is 884 g/mol. The first-order valence-electron chi connectivity index (χ1n) is 18.3. The quantitative estimate of drug-likeness (QED) is 0.150. The molecule has 4 aromatic carbocycles. The number of fused-ring (bicyclic) bond motifs is 3. The van der Waals surface area contributed by atoms with Crippen molar-refractivity contribution >= 4 is 22.1 Å². The maximum absolute atomic E-state index is 6.35. The van der Waals surface area contributed by atoms with Crippen LogP contribution in [0.4, 0.5) is 0 Å². The second-order valence-electron chi connectivity index (χ2n) is 14.9. The summed E-state index contributed by atoms with van der Waals surface area (Å²) < 4.78 is 6.35. The van der Waals surface area contributed by atoms with E-state index in [9.17, 15) is 0 Å². The van der Waals surface area contributed by atoms with Crippen LogP contribution >= 0.6 is 0 Å². The molecule has 0 fully saturated rings. The van der Waals surface area contributed by atoms with Crippen molar-refractivity contribution < 1.29 is 24.5 Å². The summed E-state index contributed by atoms with van der Waals surface area (Å²) in [5.41, 5.74) is 15.5. The number of furan rings is 1. The van der Waals surface area contributed by atoms with Crippen LogP contribution in [0.1, 0.15) is 61.2 Å². The second-order valence-corrected chi connectivity index (χ2v) is 14.9. The maximum Gasteiger partial charge on any atom is 0.139 e. The number of benzene rings is 4. The van der Waals surface area contributed by atoms with Gasteiger partial charge in [-0.3, -0.25) is 0 Å². The van der Waals surface area contributed by atoms with Crippen LogP contribution in [0.3, 0.4) is 0 Å². The van der Waals surface area contributed by atoms with Crippen molar-refractivity contribution in [2.75, 3.05) is 0 Å². The molecular weight excluding hydrogens is 839 g/mol. The fourth-order valence-electron chi connectivity index (χ4n) is 6.79. The molecule has 8 rings (SSSR count). The van der Waals surface area contributed by atoms with Crippen LogP contribution in [0.15, 0.2) is 132 Å². The molecule has 8 aromatic rings. The molecule has 0 saturated carbocycles. The monoisotopic (exact) mass is 884 g/mol. The molecule has 0 aliphatic carbocycles. The summed E-state index contributed by atoms with van der Waals surface area (Å²) >= 11 is 0. The van der Waals surface area contributed by atoms with Gasteiger partial charge in [-0.2, -0.15) is 0 Å². The van der Waals surface area contributed by atoms with E-state index in [-0.39, 0.29) is 25.5 Å². The first-order valence-corrected chi connectivity index (χ1v) is 18.3. The molecule has 4 aromatic heterocycles. The molecule has 4 nitrogen and oxygen atoms in total. The van der Waals surface area contributed by atoms with Crippen LogP contribution in [-0.2, 0) is 31.9 Å². The molecule has 0 atom stereocenters. The van der Waals surface area contributed by atoms with Gasteiger partial charge in [-0.1, -0.05) is 119 Å². The Balaban J connectivity index is 0.000000222. The Labute approximate surface area is 333 Å². The minimum Gasteiger partial charge on any atom is -0.499 e. The van der Waals surface area contributed by atoms with Crippen molar-refractivity contribution in [1.82, 2.24) is 15.0 Å². The zero-order valence-electron chi connectivity index (χ0n) is 32.0. The second kappa shape index (κ2) is 16.4. The van der Waals surface area contributed by atoms with E-state index in [1.807, 2.05) is 48.8 Å². The minimum atomic E-state index is -0.230. The normalized spacial score (nSPS) is 11.3. The molecule has 54 heavy (non-hydrogen) atoms. The van der Waals surface area contributed by atoms with Crippen LogP contribution in [-0.4, -0.2) is 15.0 Å². The van der Waals surface area contributed by atoms with E-state index in [4.69, 9.17) is 14.4 Å². The topological polar surface area (TPSA) is 51.8 Å². The molecule has 0 aliphatic heterocycles. The first-order chi connectivity index (χ1) is 25.6. The van der Waals surface area contributed by atoms with Crippen LogP contribution in [0.2, 0.25) is 0 Å². The number of hydrogen-bond donors (Lipinski definition) is 0. The van der Waals surface area contributed by atoms with Crippen molar-refractivity contribution in [3.05, 3.63) is 173 Å². The van der Waals surface area contributed by atoms with E-state index in [1.54, 1.807) is 0 Å². The molecule has 5 heteroatoms. The van der Waals surface area contributed by atoms with Gasteiger partial charge in [0.25, 0.3) is 0 Å². The number of pyridine rings is 3. The fourth-order valence-corrected chi connectivity index (χ4v) is 6.79. The van der Waals surface area contributed by atoms with E-state index in [1.165, 1.54) is 27.8 Å². The summed E-state index contributed by atoms with van der Waals surface area (Å²) in [4.78, 5) is 14.4. The van der Waals surface area contributed by atoms with Gasteiger partial charge in [-0.05, 0) is 82.9 Å². The van der Waals surface area contributed by atoms with Gasteiger partial charge in [0.05, 0.1) is 16.8 Å². The van der Waals surface area contributed by atoms with Crippen molar-refractivity contribution in [3.63, 3.8) is 0 Å². The first kappa shape index (κ1) is 38.5. The van der Waals surface area contributed by atoms with Crippen molar-refractivity contribution in [3.8, 4) is 33.6 Å². The number of rotatable bonds is 7. The molecular formula is C49H45IrN3O-2. The Morgan fingerprint density at radius 1 is 0.741 bits per heavy atom. The molecule has 273 valence electrons. The van der Waals surface area contributed by atoms with Crippen molar-refractivity contribution in [2.45, 2.75) is 60.3 Å². The third kappa shape index (κ3) is 8.13. The average Bonchev–Trinajstić information content (AvgIpc) is 3.55. The Morgan fingerprint density at radius 3 is 2.15 bits per heavy atom. The number of nitrogens with zero attached hydrogens (tertiary/aromatic N) is 3. The summed E-state index contributed by atoms with van der Waals surface area (Å²) in [5, 5.41) is 0.975. The number of hydrogen-bond acceptors (Lipinski definition) is 4. The van der Waals surface area contributed by atoms with Gasteiger partial charge in [-0.25, -0.2) is 4.98 Å². The van der Waals surface area contributed by atoms with E-state index in [0.717, 1.165) is 67.8 Å². The van der Waals surface area contributed by atoms with E-state index >= 15 is 0 Å². The van der Waals surface area contributed by atoms with Gasteiger partial charge < -0.3 is 14.4 Å². The molecule has 0 aliphatic rings. The van der Waals surface area contributed by atoms with Crippen LogP contribution in [0, 0.1) is 38.8 Å². The Hall–Kier alpha value is -5.22. The van der Waals surface area contributed by atoms with Gasteiger partial charge in [0.1, 0.15) is 5.58 Å². The standard InChI is InChI=1S/C32H25N2O.C17H20N.Ir/c1-21-20-33-27(19-26(21)22-11-6-4-7-12-22)24-15-10-16-25-30-28(35-31(24)25)17-18-29(34-30)32(2,3)23-13-8-5-9-14-23;1-12(2)9-16-11-18-17(10-14(16)4)15-7-5-13(3)6-8-15;/h4-14,16-20H,1-3H3;5-7,10-12H,9H2,1-4H3;/q2*-1;. The van der Waals surface area contributed by atoms with Crippen LogP contribution < -0.4 is 0 Å². The SMILES string of the molecule is Cc1c[c-]c(-c2cc(C)c(CC(C)C)cn2)cc1.Cc1cnc(-c2[c-]ccc3c2oc2ccc(C(C)(C)c4ccccc4)nc23)cc1-c1ccccc1.[Ir]. The Bertz CT molecular complexity index is 2500. The molecule has 4 heterocycles. The van der Waals surface area contributed by atoms with Gasteiger partial charge in [0, 0.05) is 37.9 Å². The minimum absolute atomic E-state index is 0. The Kier molecular flexibility index (Phi) is 11.7. The van der Waals surface area contributed by atoms with Gasteiger partial charge in [-0.15, -0.1) is 53.6 Å². The molecule has 1 radical (unpaired) electrons. The van der Waals surface area contributed by atoms with Crippen molar-refractivity contribution in [1.29, 1.82) is 0 Å². The zero-order chi connectivity index (χ0) is 37.1. The van der Waals surface area contributed by atoms with Gasteiger partial charge >= 0.3 is 0 Å². The summed E-state index contributed by atoms with van der Waals surface area (Å²) in [5.74, 6) is 0.669. The summed E-state index contributed by atoms with van der Waals surface area (Å²) in [6.45, 7) is 15.2. The van der Waals surface area contributed by atoms with Gasteiger partial charge in [0.2, 0.25) is 0 Å². The Morgan fingerprint density at radius 2 is 1.46 bits per heavy atom. The summed E-state index contributed by atoms with van der Waals surface area (Å²) in [6, 6.07) is 46.1. The predicted molar refractivity (Wildman–Crippen MR) is 219 cm³/mol. The van der Waals surface area contributed by atoms with Gasteiger partial charge in [0.15, 0.2) is 0 Å². The van der Waals surface area contributed by atoms with Crippen molar-refractivity contribution in [2.24, 2.45) is 5.92 Å². The maximum atomic E-state index is 6.35. The molecule has 0 bridgehead atoms. The molecule has 0 amide bonds. The van der Waals surface area contributed by atoms with E-state index in [0.29, 0.717) is 5.92 Å². The smallest absolute Gasteiger partial charge is 0.139 e. The number of aryl methyl sites for hydroxylation is 3. The van der Waals surface area contributed by atoms with E-state index < -0.39 is 0 Å². The third-order valence-electron chi connectivity index (χ3n) is 9.95. The predicted octanol–water partition coefficient (Wildman–Crippen LogP) is 12.5. The molecule has 0 spiro atoms. The molecule has 0 unspecified atom stereocenters. The summed E-state index contributed by atoms with van der Waals surface area (Å²) in [6.07, 6.45) is 5.03. The van der Waals surface area contributed by atoms with Crippen LogP contribution in [0.25, 0.3) is 55.7 Å². The zero-order valence-corrected chi connectivity index (χ0v) is 34.4. The molecule has 0 N–H and O–H groups in total. The number of aromatic nitrogens is 3. The summed E-state index contributed by atoms with van der Waals surface area (Å²) in [7, 11) is 0. The molecule has 0 saturated heterocycles. The fraction of sp³-hybridized carbons (Fsp3) is 0.204. The van der Waals surface area contributed by atoms with E-state index in [2.05, 4.69) is 144 Å². The van der Waals surface area contributed by atoms with Crippen LogP contribution in [0.5, 0.6) is 0 Å².